The minimum Gasteiger partial charge on any atom is -0.379 e. The van der Waals surface area contributed by atoms with E-state index in [0.29, 0.717) is 19.0 Å². The molecule has 0 radical (unpaired) electrons. The number of hydrogen-bond donors (Lipinski definition) is 1. The number of ether oxygens (including phenoxy) is 1. The van der Waals surface area contributed by atoms with Crippen LogP contribution in [0.1, 0.15) is 56.8 Å². The van der Waals surface area contributed by atoms with Crippen LogP contribution in [-0.4, -0.2) is 93.7 Å². The number of rotatable bonds is 6. The molecule has 1 N–H and O–H groups in total. The van der Waals surface area contributed by atoms with E-state index in [1.807, 2.05) is 17.2 Å². The highest BCUT2D eigenvalue weighted by Gasteiger charge is 2.40. The highest BCUT2D eigenvalue weighted by Crippen LogP contribution is 2.46. The Morgan fingerprint density at radius 3 is 2.57 bits per heavy atom. The van der Waals surface area contributed by atoms with Gasteiger partial charge >= 0.3 is 0 Å². The summed E-state index contributed by atoms with van der Waals surface area (Å²) in [5.41, 5.74) is 5.29. The lowest BCUT2D eigenvalue weighted by Crippen LogP contribution is -2.53. The summed E-state index contributed by atoms with van der Waals surface area (Å²) in [5.74, 6) is 1.67. The molecule has 3 aliphatic rings. The molecule has 0 bridgehead atoms. The number of hydrogen-bond acceptors (Lipinski definition) is 6. The molecule has 0 unspecified atom stereocenters. The van der Waals surface area contributed by atoms with Gasteiger partial charge in [-0.3, -0.25) is 19.5 Å². The number of amides is 1. The second-order valence-electron chi connectivity index (χ2n) is 12.9. The van der Waals surface area contributed by atoms with Gasteiger partial charge in [0.2, 0.25) is 5.91 Å². The second kappa shape index (κ2) is 11.7. The number of nitrogens with zero attached hydrogens (tertiary/aromatic N) is 6. The summed E-state index contributed by atoms with van der Waals surface area (Å²) in [7, 11) is 0. The first-order chi connectivity index (χ1) is 20.2. The largest absolute Gasteiger partial charge is 0.379 e. The Labute approximate surface area is 253 Å². The van der Waals surface area contributed by atoms with E-state index in [1.165, 1.54) is 6.08 Å². The Morgan fingerprint density at radius 1 is 1.14 bits per heavy atom. The van der Waals surface area contributed by atoms with E-state index in [-0.39, 0.29) is 17.5 Å². The summed E-state index contributed by atoms with van der Waals surface area (Å²) in [4.78, 5) is 19.3. The summed E-state index contributed by atoms with van der Waals surface area (Å²) in [6.07, 6.45) is 7.28. The molecule has 3 fully saturated rings. The number of aromatic amines is 1. The SMILES string of the molecule is C=CC(=O)N1CCC(n2nc(N3CC[C@@H](CN4CCOCC4)CC3(C)C)c(-c3c(C)c(Cl)cc4[nH]ncc34)c2C)CC1. The van der Waals surface area contributed by atoms with Crippen molar-refractivity contribution in [3.05, 3.63) is 41.2 Å². The lowest BCUT2D eigenvalue weighted by Gasteiger charge is -2.47. The molecule has 1 atom stereocenters. The van der Waals surface area contributed by atoms with Gasteiger partial charge in [-0.05, 0) is 77.0 Å². The van der Waals surface area contributed by atoms with Gasteiger partial charge in [-0.15, -0.1) is 0 Å². The number of carbonyl (C=O) groups excluding carboxylic acids is 1. The Morgan fingerprint density at radius 2 is 1.88 bits per heavy atom. The van der Waals surface area contributed by atoms with Crippen molar-refractivity contribution in [3.8, 4) is 11.1 Å². The molecule has 5 heterocycles. The second-order valence-corrected chi connectivity index (χ2v) is 13.3. The van der Waals surface area contributed by atoms with Crippen LogP contribution in [0.2, 0.25) is 5.02 Å². The van der Waals surface area contributed by atoms with Crippen LogP contribution in [0.25, 0.3) is 22.0 Å². The van der Waals surface area contributed by atoms with Gasteiger partial charge in [0.1, 0.15) is 0 Å². The Bertz CT molecular complexity index is 1460. The van der Waals surface area contributed by atoms with Crippen molar-refractivity contribution >= 4 is 34.2 Å². The molecule has 226 valence electrons. The van der Waals surface area contributed by atoms with E-state index in [9.17, 15) is 4.79 Å². The topological polar surface area (TPSA) is 82.5 Å². The quantitative estimate of drug-likeness (QED) is 0.387. The number of H-pyrrole nitrogens is 1. The Hall–Kier alpha value is -2.88. The van der Waals surface area contributed by atoms with Gasteiger partial charge in [0.25, 0.3) is 0 Å². The van der Waals surface area contributed by atoms with E-state index in [1.54, 1.807) is 0 Å². The third-order valence-electron chi connectivity index (χ3n) is 9.78. The van der Waals surface area contributed by atoms with Gasteiger partial charge < -0.3 is 14.5 Å². The maximum atomic E-state index is 12.3. The first-order valence-electron chi connectivity index (χ1n) is 15.4. The number of carbonyl (C=O) groups is 1. The minimum absolute atomic E-state index is 0.00520. The predicted molar refractivity (Wildman–Crippen MR) is 168 cm³/mol. The average Bonchev–Trinajstić information content (AvgIpc) is 3.57. The van der Waals surface area contributed by atoms with Gasteiger partial charge in [0.15, 0.2) is 5.82 Å². The van der Waals surface area contributed by atoms with Crippen LogP contribution >= 0.6 is 11.6 Å². The van der Waals surface area contributed by atoms with Crippen LogP contribution in [0.15, 0.2) is 24.9 Å². The highest BCUT2D eigenvalue weighted by molar-refractivity contribution is 6.33. The Balaban J connectivity index is 1.39. The maximum Gasteiger partial charge on any atom is 0.245 e. The van der Waals surface area contributed by atoms with Gasteiger partial charge in [-0.2, -0.15) is 10.2 Å². The van der Waals surface area contributed by atoms with Crippen LogP contribution in [0.3, 0.4) is 0 Å². The molecule has 9 nitrogen and oxygen atoms in total. The molecule has 0 spiro atoms. The lowest BCUT2D eigenvalue weighted by molar-refractivity contribution is -0.127. The van der Waals surface area contributed by atoms with Crippen molar-refractivity contribution in [1.29, 1.82) is 0 Å². The fourth-order valence-corrected chi connectivity index (χ4v) is 7.72. The standard InChI is InChI=1S/C32H44ClN7O2/c1-6-28(41)38-10-8-24(9-11-38)40-22(3)30(29-21(2)26(33)17-27-25(29)19-34-35-27)31(36-40)39-12-7-23(18-32(39,4)5)20-37-13-15-42-16-14-37/h6,17,19,23-24H,1,7-16,18,20H2,2-5H3,(H,34,35)/t23-/m1/s1. The van der Waals surface area contributed by atoms with E-state index in [4.69, 9.17) is 21.4 Å². The number of likely N-dealkylation sites (tertiary alicyclic amines) is 1. The number of halogens is 1. The summed E-state index contributed by atoms with van der Waals surface area (Å²) in [6, 6.07) is 2.18. The molecular formula is C32H44ClN7O2. The number of piperidine rings is 2. The molecule has 1 amide bonds. The molecule has 2 aromatic heterocycles. The third kappa shape index (κ3) is 5.35. The third-order valence-corrected chi connectivity index (χ3v) is 10.2. The zero-order chi connectivity index (χ0) is 29.6. The van der Waals surface area contributed by atoms with E-state index < -0.39 is 0 Å². The van der Waals surface area contributed by atoms with Crippen molar-refractivity contribution in [3.63, 3.8) is 0 Å². The molecule has 3 aromatic rings. The summed E-state index contributed by atoms with van der Waals surface area (Å²) in [6.45, 7) is 19.9. The molecule has 6 rings (SSSR count). The predicted octanol–water partition coefficient (Wildman–Crippen LogP) is 5.37. The molecule has 3 saturated heterocycles. The maximum absolute atomic E-state index is 12.3. The molecule has 0 saturated carbocycles. The molecular weight excluding hydrogens is 550 g/mol. The molecule has 3 aliphatic heterocycles. The van der Waals surface area contributed by atoms with Gasteiger partial charge in [0, 0.05) is 72.0 Å². The van der Waals surface area contributed by atoms with E-state index in [2.05, 4.69) is 59.0 Å². The fraction of sp³-hybridized carbons (Fsp3) is 0.594. The fourth-order valence-electron chi connectivity index (χ4n) is 7.51. The van der Waals surface area contributed by atoms with Crippen molar-refractivity contribution in [2.24, 2.45) is 5.92 Å². The molecule has 10 heteroatoms. The van der Waals surface area contributed by atoms with Crippen molar-refractivity contribution in [2.75, 3.05) is 57.4 Å². The highest BCUT2D eigenvalue weighted by atomic mass is 35.5. The lowest BCUT2D eigenvalue weighted by atomic mass is 9.81. The number of anilines is 1. The van der Waals surface area contributed by atoms with Gasteiger partial charge in [0.05, 0.1) is 31.0 Å². The average molecular weight is 594 g/mol. The Kier molecular flexibility index (Phi) is 8.11. The van der Waals surface area contributed by atoms with Crippen LogP contribution in [0.4, 0.5) is 5.82 Å². The van der Waals surface area contributed by atoms with Crippen LogP contribution in [0, 0.1) is 19.8 Å². The number of fused-ring (bicyclic) bond motifs is 1. The number of nitrogens with one attached hydrogen (secondary N) is 1. The number of morpholine rings is 1. The first kappa shape index (κ1) is 29.2. The van der Waals surface area contributed by atoms with Crippen LogP contribution in [0.5, 0.6) is 0 Å². The molecule has 1 aromatic carbocycles. The first-order valence-corrected chi connectivity index (χ1v) is 15.8. The summed E-state index contributed by atoms with van der Waals surface area (Å²) < 4.78 is 7.83. The molecule has 42 heavy (non-hydrogen) atoms. The van der Waals surface area contributed by atoms with E-state index >= 15 is 0 Å². The van der Waals surface area contributed by atoms with Crippen molar-refractivity contribution < 1.29 is 9.53 Å². The zero-order valence-corrected chi connectivity index (χ0v) is 26.2. The van der Waals surface area contributed by atoms with Gasteiger partial charge in [-0.1, -0.05) is 18.2 Å². The van der Waals surface area contributed by atoms with Crippen LogP contribution in [-0.2, 0) is 9.53 Å². The summed E-state index contributed by atoms with van der Waals surface area (Å²) >= 11 is 6.83. The van der Waals surface area contributed by atoms with Crippen molar-refractivity contribution in [2.45, 2.75) is 65.0 Å². The smallest absolute Gasteiger partial charge is 0.245 e. The van der Waals surface area contributed by atoms with Crippen LogP contribution < -0.4 is 4.90 Å². The minimum atomic E-state index is -0.0721. The zero-order valence-electron chi connectivity index (χ0n) is 25.5. The van der Waals surface area contributed by atoms with E-state index in [0.717, 1.165) is 109 Å². The summed E-state index contributed by atoms with van der Waals surface area (Å²) in [5, 5.41) is 14.7. The van der Waals surface area contributed by atoms with Crippen molar-refractivity contribution in [1.82, 2.24) is 29.8 Å². The molecule has 0 aliphatic carbocycles. The number of benzene rings is 1. The normalized spacial score (nSPS) is 22.2. The van der Waals surface area contributed by atoms with Gasteiger partial charge in [-0.25, -0.2) is 0 Å². The number of aromatic nitrogens is 4. The monoisotopic (exact) mass is 593 g/mol.